The molecule has 7 nitrogen and oxygen atoms in total. The second kappa shape index (κ2) is 7.42. The molecule has 8 heteroatoms. The van der Waals surface area contributed by atoms with E-state index in [4.69, 9.17) is 9.81 Å². The summed E-state index contributed by atoms with van der Waals surface area (Å²) in [7, 11) is -4.35. The van der Waals surface area contributed by atoms with Gasteiger partial charge in [0.2, 0.25) is 0 Å². The SMILES string of the molecule is CCCN/C=C(/C#N)C(=O)Nc1cccc(S(=O)(=O)O)c1. The van der Waals surface area contributed by atoms with Crippen molar-refractivity contribution < 1.29 is 17.8 Å². The minimum Gasteiger partial charge on any atom is -0.390 e. The summed E-state index contributed by atoms with van der Waals surface area (Å²) in [5.41, 5.74) is 0.0208. The maximum Gasteiger partial charge on any atom is 0.294 e. The number of nitrogens with zero attached hydrogens (tertiary/aromatic N) is 1. The Hall–Kier alpha value is -2.37. The van der Waals surface area contributed by atoms with Crippen LogP contribution in [0.25, 0.3) is 0 Å². The van der Waals surface area contributed by atoms with Crippen LogP contribution < -0.4 is 10.6 Å². The zero-order chi connectivity index (χ0) is 15.9. The Kier molecular flexibility index (Phi) is 5.90. The molecule has 0 bridgehead atoms. The molecule has 0 aliphatic carbocycles. The number of carbonyl (C=O) groups is 1. The van der Waals surface area contributed by atoms with Crippen LogP contribution in [-0.4, -0.2) is 25.4 Å². The van der Waals surface area contributed by atoms with Gasteiger partial charge in [0.15, 0.2) is 0 Å². The van der Waals surface area contributed by atoms with E-state index in [0.717, 1.165) is 12.5 Å². The van der Waals surface area contributed by atoms with Gasteiger partial charge in [-0.1, -0.05) is 13.0 Å². The molecule has 0 aliphatic rings. The van der Waals surface area contributed by atoms with Crippen molar-refractivity contribution in [2.24, 2.45) is 0 Å². The topological polar surface area (TPSA) is 119 Å². The van der Waals surface area contributed by atoms with Crippen LogP contribution in [0.2, 0.25) is 0 Å². The number of hydrogen-bond donors (Lipinski definition) is 3. The Morgan fingerprint density at radius 3 is 2.76 bits per heavy atom. The van der Waals surface area contributed by atoms with Crippen LogP contribution in [0.4, 0.5) is 5.69 Å². The van der Waals surface area contributed by atoms with Gasteiger partial charge in [-0.3, -0.25) is 9.35 Å². The van der Waals surface area contributed by atoms with E-state index in [1.807, 2.05) is 6.92 Å². The number of hydrogen-bond acceptors (Lipinski definition) is 5. The van der Waals surface area contributed by atoms with Crippen LogP contribution in [0.5, 0.6) is 0 Å². The summed E-state index contributed by atoms with van der Waals surface area (Å²) >= 11 is 0. The third kappa shape index (κ3) is 5.25. The van der Waals surface area contributed by atoms with Crippen molar-refractivity contribution in [2.45, 2.75) is 18.2 Å². The molecule has 112 valence electrons. The molecule has 0 aliphatic heterocycles. The fraction of sp³-hybridized carbons (Fsp3) is 0.231. The molecule has 0 fully saturated rings. The molecule has 0 heterocycles. The molecule has 0 saturated carbocycles. The maximum absolute atomic E-state index is 11.8. The molecule has 1 rings (SSSR count). The zero-order valence-electron chi connectivity index (χ0n) is 11.3. The van der Waals surface area contributed by atoms with Gasteiger partial charge in [-0.2, -0.15) is 13.7 Å². The number of benzene rings is 1. The van der Waals surface area contributed by atoms with Gasteiger partial charge in [-0.25, -0.2) is 0 Å². The summed E-state index contributed by atoms with van der Waals surface area (Å²) in [6.07, 6.45) is 2.14. The lowest BCUT2D eigenvalue weighted by atomic mass is 10.2. The Labute approximate surface area is 123 Å². The van der Waals surface area contributed by atoms with Gasteiger partial charge in [0.25, 0.3) is 16.0 Å². The monoisotopic (exact) mass is 309 g/mol. The molecule has 0 spiro atoms. The van der Waals surface area contributed by atoms with Gasteiger partial charge in [0, 0.05) is 18.4 Å². The smallest absolute Gasteiger partial charge is 0.294 e. The van der Waals surface area contributed by atoms with Gasteiger partial charge < -0.3 is 10.6 Å². The highest BCUT2D eigenvalue weighted by Crippen LogP contribution is 2.15. The highest BCUT2D eigenvalue weighted by atomic mass is 32.2. The zero-order valence-corrected chi connectivity index (χ0v) is 12.1. The first-order valence-electron chi connectivity index (χ1n) is 6.11. The van der Waals surface area contributed by atoms with E-state index < -0.39 is 16.0 Å². The number of nitrogens with one attached hydrogen (secondary N) is 2. The van der Waals surface area contributed by atoms with Crippen LogP contribution in [0, 0.1) is 11.3 Å². The van der Waals surface area contributed by atoms with Crippen molar-refractivity contribution in [1.29, 1.82) is 5.26 Å². The Balaban J connectivity index is 2.88. The van der Waals surface area contributed by atoms with Crippen LogP contribution >= 0.6 is 0 Å². The molecule has 1 aromatic rings. The largest absolute Gasteiger partial charge is 0.390 e. The van der Waals surface area contributed by atoms with Gasteiger partial charge >= 0.3 is 0 Å². The van der Waals surface area contributed by atoms with Crippen molar-refractivity contribution in [1.82, 2.24) is 5.32 Å². The minimum absolute atomic E-state index is 0.138. The fourth-order valence-electron chi connectivity index (χ4n) is 1.40. The van der Waals surface area contributed by atoms with Crippen molar-refractivity contribution in [2.75, 3.05) is 11.9 Å². The summed E-state index contributed by atoms with van der Waals surface area (Å²) in [4.78, 5) is 11.5. The molecule has 0 atom stereocenters. The third-order valence-electron chi connectivity index (χ3n) is 2.40. The molecule has 0 unspecified atom stereocenters. The van der Waals surface area contributed by atoms with E-state index in [9.17, 15) is 13.2 Å². The summed E-state index contributed by atoms with van der Waals surface area (Å²) in [6, 6.07) is 6.84. The quantitative estimate of drug-likeness (QED) is 0.315. The first-order chi connectivity index (χ1) is 9.88. The predicted molar refractivity (Wildman–Crippen MR) is 76.9 cm³/mol. The number of amides is 1. The lowest BCUT2D eigenvalue weighted by molar-refractivity contribution is -0.112. The van der Waals surface area contributed by atoms with Crippen LogP contribution in [-0.2, 0) is 14.9 Å². The summed E-state index contributed by atoms with van der Waals surface area (Å²) in [5, 5.41) is 14.1. The van der Waals surface area contributed by atoms with Crippen molar-refractivity contribution >= 4 is 21.7 Å². The Morgan fingerprint density at radius 1 is 1.48 bits per heavy atom. The second-order valence-corrected chi connectivity index (χ2v) is 5.50. The Bertz CT molecular complexity index is 690. The standard InChI is InChI=1S/C13H15N3O4S/c1-2-6-15-9-10(8-14)13(17)16-11-4-3-5-12(7-11)21(18,19)20/h3-5,7,9,15H,2,6H2,1H3,(H,16,17)(H,18,19,20)/b10-9-. The summed E-state index contributed by atoms with van der Waals surface area (Å²) in [5.74, 6) is -0.673. The minimum atomic E-state index is -4.35. The van der Waals surface area contributed by atoms with E-state index >= 15 is 0 Å². The fourth-order valence-corrected chi connectivity index (χ4v) is 1.93. The molecular weight excluding hydrogens is 294 g/mol. The second-order valence-electron chi connectivity index (χ2n) is 4.08. The average molecular weight is 309 g/mol. The number of carbonyl (C=O) groups excluding carboxylic acids is 1. The lowest BCUT2D eigenvalue weighted by Gasteiger charge is -2.06. The maximum atomic E-state index is 11.8. The molecule has 0 aromatic heterocycles. The van der Waals surface area contributed by atoms with Crippen molar-refractivity contribution in [3.8, 4) is 6.07 Å². The van der Waals surface area contributed by atoms with Gasteiger partial charge in [0.05, 0.1) is 4.90 Å². The van der Waals surface area contributed by atoms with Crippen LogP contribution in [0.3, 0.4) is 0 Å². The summed E-state index contributed by atoms with van der Waals surface area (Å²) < 4.78 is 30.9. The Morgan fingerprint density at radius 2 is 2.19 bits per heavy atom. The van der Waals surface area contributed by atoms with E-state index in [2.05, 4.69) is 10.6 Å². The number of rotatable bonds is 6. The average Bonchev–Trinajstić information content (AvgIpc) is 2.43. The number of anilines is 1. The van der Waals surface area contributed by atoms with E-state index in [-0.39, 0.29) is 16.2 Å². The van der Waals surface area contributed by atoms with Crippen molar-refractivity contribution in [3.63, 3.8) is 0 Å². The first kappa shape index (κ1) is 16.7. The normalized spacial score (nSPS) is 11.6. The molecule has 1 aromatic carbocycles. The van der Waals surface area contributed by atoms with E-state index in [1.54, 1.807) is 6.07 Å². The van der Waals surface area contributed by atoms with Crippen molar-refractivity contribution in [3.05, 3.63) is 36.0 Å². The number of nitriles is 1. The third-order valence-corrected chi connectivity index (χ3v) is 3.25. The van der Waals surface area contributed by atoms with Crippen LogP contribution in [0.1, 0.15) is 13.3 Å². The molecule has 21 heavy (non-hydrogen) atoms. The van der Waals surface area contributed by atoms with Gasteiger partial charge in [0.1, 0.15) is 11.6 Å². The van der Waals surface area contributed by atoms with Gasteiger partial charge in [-0.15, -0.1) is 0 Å². The molecule has 0 saturated heterocycles. The molecule has 1 amide bonds. The predicted octanol–water partition coefficient (Wildman–Crippen LogP) is 1.28. The lowest BCUT2D eigenvalue weighted by Crippen LogP contribution is -2.17. The van der Waals surface area contributed by atoms with Crippen LogP contribution in [0.15, 0.2) is 40.9 Å². The van der Waals surface area contributed by atoms with E-state index in [1.165, 1.54) is 24.4 Å². The van der Waals surface area contributed by atoms with E-state index in [0.29, 0.717) is 6.54 Å². The highest BCUT2D eigenvalue weighted by molar-refractivity contribution is 7.85. The molecular formula is C13H15N3O4S. The summed E-state index contributed by atoms with van der Waals surface area (Å²) in [6.45, 7) is 2.56. The first-order valence-corrected chi connectivity index (χ1v) is 7.55. The molecule has 0 radical (unpaired) electrons. The van der Waals surface area contributed by atoms with Gasteiger partial charge in [-0.05, 0) is 24.6 Å². The molecule has 3 N–H and O–H groups in total. The highest BCUT2D eigenvalue weighted by Gasteiger charge is 2.12.